The highest BCUT2D eigenvalue weighted by Crippen LogP contribution is 2.36. The summed E-state index contributed by atoms with van der Waals surface area (Å²) in [6.07, 6.45) is 2.78. The van der Waals surface area contributed by atoms with Gasteiger partial charge in [-0.3, -0.25) is 19.6 Å². The van der Waals surface area contributed by atoms with Gasteiger partial charge in [-0.05, 0) is 68.2 Å². The first-order valence-corrected chi connectivity index (χ1v) is 10.5. The van der Waals surface area contributed by atoms with Crippen molar-refractivity contribution >= 4 is 0 Å². The van der Waals surface area contributed by atoms with E-state index in [1.165, 1.54) is 39.0 Å². The molecule has 3 aliphatic heterocycles. The predicted molar refractivity (Wildman–Crippen MR) is 107 cm³/mol. The molecular formula is C21H42N4. The molecule has 0 aromatic carbocycles. The topological polar surface area (TPSA) is 13.0 Å². The molecule has 0 aliphatic carbocycles. The lowest BCUT2D eigenvalue weighted by Crippen LogP contribution is -2.65. The minimum Gasteiger partial charge on any atom is -0.295 e. The molecule has 3 fully saturated rings. The molecule has 3 rings (SSSR count). The van der Waals surface area contributed by atoms with Crippen LogP contribution in [0.4, 0.5) is 0 Å². The molecule has 146 valence electrons. The molecule has 3 aliphatic rings. The Morgan fingerprint density at radius 2 is 1.20 bits per heavy atom. The average Bonchev–Trinajstić information content (AvgIpc) is 2.74. The van der Waals surface area contributed by atoms with Crippen molar-refractivity contribution in [3.05, 3.63) is 0 Å². The first-order valence-electron chi connectivity index (χ1n) is 10.5. The van der Waals surface area contributed by atoms with Crippen LogP contribution in [-0.4, -0.2) is 87.7 Å². The summed E-state index contributed by atoms with van der Waals surface area (Å²) in [6.45, 7) is 25.2. The second-order valence-corrected chi connectivity index (χ2v) is 10.9. The second kappa shape index (κ2) is 6.78. The van der Waals surface area contributed by atoms with Crippen molar-refractivity contribution in [1.82, 2.24) is 19.6 Å². The monoisotopic (exact) mass is 350 g/mol. The van der Waals surface area contributed by atoms with Gasteiger partial charge >= 0.3 is 0 Å². The molecule has 4 nitrogen and oxygen atoms in total. The molecule has 3 heterocycles. The number of nitrogens with zero attached hydrogens (tertiary/aromatic N) is 4. The lowest BCUT2D eigenvalue weighted by molar-refractivity contribution is -0.0608. The Kier molecular flexibility index (Phi) is 5.31. The minimum absolute atomic E-state index is 0.284. The van der Waals surface area contributed by atoms with Crippen LogP contribution < -0.4 is 0 Å². The van der Waals surface area contributed by atoms with E-state index >= 15 is 0 Å². The SMILES string of the molecule is CC1CN(C(C)(C)C)CC(C)N1CN1CC2CCC(C1)N2C(C)(C)C. The molecule has 2 bridgehead atoms. The predicted octanol–water partition coefficient (Wildman–Crippen LogP) is 3.08. The first kappa shape index (κ1) is 19.6. The number of hydrogen-bond donors (Lipinski definition) is 0. The maximum Gasteiger partial charge on any atom is 0.0513 e. The average molecular weight is 351 g/mol. The van der Waals surface area contributed by atoms with Gasteiger partial charge in [-0.1, -0.05) is 0 Å². The van der Waals surface area contributed by atoms with E-state index in [-0.39, 0.29) is 5.54 Å². The highest BCUT2D eigenvalue weighted by molar-refractivity contribution is 5.01. The Morgan fingerprint density at radius 1 is 0.720 bits per heavy atom. The number of piperazine rings is 2. The summed E-state index contributed by atoms with van der Waals surface area (Å²) in [6, 6.07) is 2.81. The molecule has 4 unspecified atom stereocenters. The summed E-state index contributed by atoms with van der Waals surface area (Å²) in [5.74, 6) is 0. The zero-order valence-electron chi connectivity index (χ0n) is 18.0. The van der Waals surface area contributed by atoms with Crippen LogP contribution >= 0.6 is 0 Å². The van der Waals surface area contributed by atoms with Crippen LogP contribution in [0.5, 0.6) is 0 Å². The van der Waals surface area contributed by atoms with Gasteiger partial charge in [-0.15, -0.1) is 0 Å². The summed E-state index contributed by atoms with van der Waals surface area (Å²) in [7, 11) is 0. The fourth-order valence-electron chi connectivity index (χ4n) is 5.62. The van der Waals surface area contributed by atoms with Gasteiger partial charge in [0.05, 0.1) is 6.67 Å². The third-order valence-corrected chi connectivity index (χ3v) is 6.75. The lowest BCUT2D eigenvalue weighted by Gasteiger charge is -2.52. The normalized spacial score (nSPS) is 37.0. The van der Waals surface area contributed by atoms with E-state index in [1.54, 1.807) is 0 Å². The Morgan fingerprint density at radius 3 is 1.60 bits per heavy atom. The van der Waals surface area contributed by atoms with Crippen LogP contribution in [0.1, 0.15) is 68.2 Å². The van der Waals surface area contributed by atoms with Crippen LogP contribution in [0.15, 0.2) is 0 Å². The van der Waals surface area contributed by atoms with Crippen molar-refractivity contribution in [2.45, 2.75) is 103 Å². The van der Waals surface area contributed by atoms with E-state index in [0.717, 1.165) is 18.8 Å². The number of hydrogen-bond acceptors (Lipinski definition) is 4. The molecule has 0 N–H and O–H groups in total. The van der Waals surface area contributed by atoms with Gasteiger partial charge in [0, 0.05) is 61.4 Å². The highest BCUT2D eigenvalue weighted by atomic mass is 15.4. The van der Waals surface area contributed by atoms with Gasteiger partial charge in [0.2, 0.25) is 0 Å². The molecular weight excluding hydrogens is 308 g/mol. The fraction of sp³-hybridized carbons (Fsp3) is 1.00. The van der Waals surface area contributed by atoms with Crippen molar-refractivity contribution < 1.29 is 0 Å². The quantitative estimate of drug-likeness (QED) is 0.759. The third-order valence-electron chi connectivity index (χ3n) is 6.75. The summed E-state index contributed by atoms with van der Waals surface area (Å²) in [4.78, 5) is 11.0. The Labute approximate surface area is 156 Å². The highest BCUT2D eigenvalue weighted by Gasteiger charge is 2.45. The van der Waals surface area contributed by atoms with Gasteiger partial charge in [0.25, 0.3) is 0 Å². The van der Waals surface area contributed by atoms with Crippen molar-refractivity contribution in [3.8, 4) is 0 Å². The van der Waals surface area contributed by atoms with E-state index in [4.69, 9.17) is 0 Å². The van der Waals surface area contributed by atoms with Crippen molar-refractivity contribution in [2.75, 3.05) is 32.8 Å². The number of likely N-dealkylation sites (tertiary alicyclic amines) is 1. The van der Waals surface area contributed by atoms with Gasteiger partial charge in [-0.2, -0.15) is 0 Å². The Bertz CT molecular complexity index is 437. The van der Waals surface area contributed by atoms with Crippen molar-refractivity contribution in [3.63, 3.8) is 0 Å². The minimum atomic E-state index is 0.284. The van der Waals surface area contributed by atoms with Gasteiger partial charge in [0.15, 0.2) is 0 Å². The number of fused-ring (bicyclic) bond motifs is 2. The molecule has 4 atom stereocenters. The van der Waals surface area contributed by atoms with E-state index < -0.39 is 0 Å². The van der Waals surface area contributed by atoms with E-state index in [1.807, 2.05) is 0 Å². The third kappa shape index (κ3) is 4.07. The number of rotatable bonds is 2. The summed E-state index contributed by atoms with van der Waals surface area (Å²) >= 11 is 0. The van der Waals surface area contributed by atoms with E-state index in [0.29, 0.717) is 17.6 Å². The lowest BCUT2D eigenvalue weighted by atomic mass is 9.99. The molecule has 0 aromatic heterocycles. The van der Waals surface area contributed by atoms with Gasteiger partial charge < -0.3 is 0 Å². The van der Waals surface area contributed by atoms with Crippen LogP contribution in [0.25, 0.3) is 0 Å². The molecule has 0 amide bonds. The maximum atomic E-state index is 2.81. The summed E-state index contributed by atoms with van der Waals surface area (Å²) in [5.41, 5.74) is 0.600. The Hall–Kier alpha value is -0.160. The molecule has 0 saturated carbocycles. The van der Waals surface area contributed by atoms with Crippen LogP contribution in [0.2, 0.25) is 0 Å². The molecule has 0 aromatic rings. The second-order valence-electron chi connectivity index (χ2n) is 10.9. The van der Waals surface area contributed by atoms with Gasteiger partial charge in [-0.25, -0.2) is 0 Å². The molecule has 3 saturated heterocycles. The molecule has 4 heteroatoms. The largest absolute Gasteiger partial charge is 0.295 e. The molecule has 0 radical (unpaired) electrons. The van der Waals surface area contributed by atoms with Crippen LogP contribution in [-0.2, 0) is 0 Å². The van der Waals surface area contributed by atoms with Gasteiger partial charge in [0.1, 0.15) is 0 Å². The Balaban J connectivity index is 1.61. The first-order chi connectivity index (χ1) is 11.5. The standard InChI is InChI=1S/C21H42N4/c1-16-11-23(20(3,4)5)12-17(2)24(16)15-22-13-18-9-10-19(14-22)25(18)21(6,7)8/h16-19H,9-15H2,1-8H3. The van der Waals surface area contributed by atoms with Crippen molar-refractivity contribution in [1.29, 1.82) is 0 Å². The molecule has 25 heavy (non-hydrogen) atoms. The van der Waals surface area contributed by atoms with Crippen molar-refractivity contribution in [2.24, 2.45) is 0 Å². The fourth-order valence-corrected chi connectivity index (χ4v) is 5.62. The van der Waals surface area contributed by atoms with E-state index in [9.17, 15) is 0 Å². The van der Waals surface area contributed by atoms with Crippen LogP contribution in [0, 0.1) is 0 Å². The zero-order chi connectivity index (χ0) is 18.6. The molecule has 0 spiro atoms. The van der Waals surface area contributed by atoms with E-state index in [2.05, 4.69) is 75.0 Å². The maximum absolute atomic E-state index is 2.81. The smallest absolute Gasteiger partial charge is 0.0513 e. The van der Waals surface area contributed by atoms with Crippen LogP contribution in [0.3, 0.4) is 0 Å². The summed E-state index contributed by atoms with van der Waals surface area (Å²) in [5, 5.41) is 0. The zero-order valence-corrected chi connectivity index (χ0v) is 18.0. The summed E-state index contributed by atoms with van der Waals surface area (Å²) < 4.78 is 0.